The summed E-state index contributed by atoms with van der Waals surface area (Å²) in [5.41, 5.74) is 0.959. The Labute approximate surface area is 208 Å². The summed E-state index contributed by atoms with van der Waals surface area (Å²) in [4.78, 5) is 26.3. The van der Waals surface area contributed by atoms with Crippen LogP contribution in [0, 0.1) is 6.92 Å². The zero-order valence-electron chi connectivity index (χ0n) is 19.8. The first kappa shape index (κ1) is 23.9. The lowest BCUT2D eigenvalue weighted by atomic mass is 9.80. The summed E-state index contributed by atoms with van der Waals surface area (Å²) < 4.78 is 29.1. The van der Waals surface area contributed by atoms with Crippen molar-refractivity contribution in [1.82, 2.24) is 9.55 Å². The Morgan fingerprint density at radius 3 is 1.92 bits per heavy atom. The first-order valence-corrected chi connectivity index (χ1v) is 11.9. The Hall–Kier alpha value is -3.81. The average molecular weight is 487 g/mol. The third kappa shape index (κ3) is 4.43. The maximum absolute atomic E-state index is 15.2. The molecule has 4 aromatic rings. The molecule has 184 valence electrons. The van der Waals surface area contributed by atoms with Crippen molar-refractivity contribution < 1.29 is 13.9 Å². The van der Waals surface area contributed by atoms with Crippen LogP contribution in [0.5, 0.6) is 0 Å². The molecule has 36 heavy (non-hydrogen) atoms. The fourth-order valence-corrected chi connectivity index (χ4v) is 4.79. The number of nitrogens with one attached hydrogen (secondary N) is 1. The molecule has 1 fully saturated rings. The van der Waals surface area contributed by atoms with Crippen LogP contribution in [-0.4, -0.2) is 28.4 Å². The van der Waals surface area contributed by atoms with Gasteiger partial charge in [-0.3, -0.25) is 14.3 Å². The molecule has 1 saturated heterocycles. The number of alkyl halides is 1. The van der Waals surface area contributed by atoms with Crippen molar-refractivity contribution >= 4 is 0 Å². The molecule has 0 aliphatic carbocycles. The van der Waals surface area contributed by atoms with E-state index in [9.17, 15) is 9.59 Å². The number of hydrogen-bond acceptors (Lipinski definition) is 4. The molecular formula is C29H27FN2O4. The van der Waals surface area contributed by atoms with Crippen LogP contribution in [-0.2, 0) is 15.1 Å². The highest BCUT2D eigenvalue weighted by molar-refractivity contribution is 5.47. The minimum atomic E-state index is -1.35. The number of halogens is 1. The van der Waals surface area contributed by atoms with E-state index in [2.05, 4.69) is 4.98 Å². The van der Waals surface area contributed by atoms with Gasteiger partial charge in [-0.15, -0.1) is 0 Å². The van der Waals surface area contributed by atoms with Crippen LogP contribution in [0.25, 0.3) is 0 Å². The molecule has 1 aromatic heterocycles. The highest BCUT2D eigenvalue weighted by Crippen LogP contribution is 2.41. The largest absolute Gasteiger partial charge is 0.358 e. The minimum Gasteiger partial charge on any atom is -0.358 e. The number of aryl methyl sites for hydroxylation is 1. The third-order valence-electron chi connectivity index (χ3n) is 6.62. The van der Waals surface area contributed by atoms with Crippen molar-refractivity contribution in [2.24, 2.45) is 0 Å². The van der Waals surface area contributed by atoms with Gasteiger partial charge in [-0.1, -0.05) is 91.0 Å². The molecule has 0 spiro atoms. The molecule has 6 nitrogen and oxygen atoms in total. The maximum atomic E-state index is 15.2. The Morgan fingerprint density at radius 2 is 1.42 bits per heavy atom. The van der Waals surface area contributed by atoms with Crippen molar-refractivity contribution in [1.29, 1.82) is 0 Å². The summed E-state index contributed by atoms with van der Waals surface area (Å²) in [7, 11) is 0. The van der Waals surface area contributed by atoms with Gasteiger partial charge in [-0.25, -0.2) is 9.18 Å². The van der Waals surface area contributed by atoms with Gasteiger partial charge in [-0.2, -0.15) is 0 Å². The van der Waals surface area contributed by atoms with E-state index in [-0.39, 0.29) is 13.0 Å². The van der Waals surface area contributed by atoms with Gasteiger partial charge < -0.3 is 9.47 Å². The van der Waals surface area contributed by atoms with Crippen molar-refractivity contribution in [3.8, 4) is 0 Å². The van der Waals surface area contributed by atoms with Crippen LogP contribution in [0.1, 0.15) is 34.9 Å². The molecule has 1 N–H and O–H groups in total. The van der Waals surface area contributed by atoms with Crippen molar-refractivity contribution in [3.05, 3.63) is 140 Å². The predicted molar refractivity (Wildman–Crippen MR) is 135 cm³/mol. The van der Waals surface area contributed by atoms with Crippen LogP contribution in [0.3, 0.4) is 0 Å². The fraction of sp³-hybridized carbons (Fsp3) is 0.241. The Bertz CT molecular complexity index is 1320. The second kappa shape index (κ2) is 10.0. The lowest BCUT2D eigenvalue weighted by Crippen LogP contribution is -2.37. The van der Waals surface area contributed by atoms with Crippen molar-refractivity contribution in [2.45, 2.75) is 37.4 Å². The van der Waals surface area contributed by atoms with E-state index < -0.39 is 35.4 Å². The summed E-state index contributed by atoms with van der Waals surface area (Å²) in [6.45, 7) is 1.54. The monoisotopic (exact) mass is 486 g/mol. The quantitative estimate of drug-likeness (QED) is 0.391. The average Bonchev–Trinajstić information content (AvgIpc) is 3.28. The van der Waals surface area contributed by atoms with E-state index in [0.29, 0.717) is 5.56 Å². The molecule has 0 saturated carbocycles. The number of rotatable bonds is 7. The molecule has 2 heterocycles. The van der Waals surface area contributed by atoms with Gasteiger partial charge in [0.25, 0.3) is 5.56 Å². The zero-order valence-corrected chi connectivity index (χ0v) is 19.8. The number of ether oxygens (including phenoxy) is 2. The van der Waals surface area contributed by atoms with Gasteiger partial charge in [0.05, 0.1) is 6.61 Å². The van der Waals surface area contributed by atoms with Crippen LogP contribution in [0.15, 0.2) is 107 Å². The van der Waals surface area contributed by atoms with E-state index in [4.69, 9.17) is 9.47 Å². The highest BCUT2D eigenvalue weighted by atomic mass is 19.1. The van der Waals surface area contributed by atoms with Gasteiger partial charge in [0.1, 0.15) is 24.1 Å². The van der Waals surface area contributed by atoms with Crippen LogP contribution >= 0.6 is 0 Å². The number of H-pyrrole nitrogens is 1. The first-order valence-electron chi connectivity index (χ1n) is 11.9. The summed E-state index contributed by atoms with van der Waals surface area (Å²) in [5.74, 6) is 0. The SMILES string of the molecule is Cc1cn([C@H]2C[C@@H](F)[C@@H](COC(c3ccccc3)(c3ccccc3)c3ccccc3)O2)c(=O)[nH]c1=O. The second-order valence-corrected chi connectivity index (χ2v) is 8.95. The smallest absolute Gasteiger partial charge is 0.330 e. The summed E-state index contributed by atoms with van der Waals surface area (Å²) in [6.07, 6.45) is -1.70. The lowest BCUT2D eigenvalue weighted by Gasteiger charge is -2.36. The van der Waals surface area contributed by atoms with Gasteiger partial charge >= 0.3 is 5.69 Å². The normalized spacial score (nSPS) is 19.9. The van der Waals surface area contributed by atoms with Gasteiger partial charge in [0, 0.05) is 18.2 Å². The topological polar surface area (TPSA) is 73.3 Å². The molecular weight excluding hydrogens is 459 g/mol. The van der Waals surface area contributed by atoms with Crippen molar-refractivity contribution in [2.75, 3.05) is 6.61 Å². The summed E-state index contributed by atoms with van der Waals surface area (Å²) in [6, 6.07) is 29.5. The fourth-order valence-electron chi connectivity index (χ4n) is 4.79. The van der Waals surface area contributed by atoms with E-state index in [1.807, 2.05) is 91.0 Å². The number of aromatic nitrogens is 2. The molecule has 0 bridgehead atoms. The predicted octanol–water partition coefficient (Wildman–Crippen LogP) is 4.48. The molecule has 3 aromatic carbocycles. The molecule has 0 radical (unpaired) electrons. The van der Waals surface area contributed by atoms with Crippen LogP contribution < -0.4 is 11.2 Å². The molecule has 0 unspecified atom stereocenters. The first-order chi connectivity index (χ1) is 17.5. The third-order valence-corrected chi connectivity index (χ3v) is 6.62. The number of nitrogens with zero attached hydrogens (tertiary/aromatic N) is 1. The summed E-state index contributed by atoms with van der Waals surface area (Å²) in [5, 5.41) is 0. The summed E-state index contributed by atoms with van der Waals surface area (Å²) >= 11 is 0. The highest BCUT2D eigenvalue weighted by Gasteiger charge is 2.42. The molecule has 3 atom stereocenters. The molecule has 5 rings (SSSR count). The van der Waals surface area contributed by atoms with E-state index in [1.165, 1.54) is 10.8 Å². The molecule has 0 amide bonds. The van der Waals surface area contributed by atoms with E-state index in [0.717, 1.165) is 16.7 Å². The lowest BCUT2D eigenvalue weighted by molar-refractivity contribution is -0.0868. The van der Waals surface area contributed by atoms with E-state index in [1.54, 1.807) is 6.92 Å². The maximum Gasteiger partial charge on any atom is 0.330 e. The Kier molecular flexibility index (Phi) is 6.67. The number of aromatic amines is 1. The van der Waals surface area contributed by atoms with Gasteiger partial charge in [0.15, 0.2) is 0 Å². The van der Waals surface area contributed by atoms with Crippen LogP contribution in [0.2, 0.25) is 0 Å². The molecule has 1 aliphatic heterocycles. The van der Waals surface area contributed by atoms with Crippen molar-refractivity contribution in [3.63, 3.8) is 0 Å². The standard InChI is InChI=1S/C29H27FN2O4/c1-20-18-32(28(34)31-27(20)33)26-17-24(30)25(36-26)19-35-29(21-11-5-2-6-12-21,22-13-7-3-8-14-22)23-15-9-4-10-16-23/h2-16,18,24-26H,17,19H2,1H3,(H,31,33,34)/t24-,25-,26-/m1/s1. The molecule has 7 heteroatoms. The molecule has 1 aliphatic rings. The number of benzene rings is 3. The van der Waals surface area contributed by atoms with Gasteiger partial charge in [-0.05, 0) is 23.6 Å². The van der Waals surface area contributed by atoms with E-state index >= 15 is 4.39 Å². The van der Waals surface area contributed by atoms with Crippen LogP contribution in [0.4, 0.5) is 4.39 Å². The Balaban J connectivity index is 1.50. The van der Waals surface area contributed by atoms with Gasteiger partial charge in [0.2, 0.25) is 0 Å². The number of hydrogen-bond donors (Lipinski definition) is 1. The second-order valence-electron chi connectivity index (χ2n) is 8.95. The Morgan fingerprint density at radius 1 is 0.917 bits per heavy atom. The zero-order chi connectivity index (χ0) is 25.1. The minimum absolute atomic E-state index is 0.0194.